The predicted octanol–water partition coefficient (Wildman–Crippen LogP) is 2.83. The van der Waals surface area contributed by atoms with Crippen LogP contribution in [-0.2, 0) is 4.79 Å². The molecule has 1 aromatic rings. The molecule has 2 rings (SSSR count). The number of hydrogen-bond donors (Lipinski definition) is 2. The minimum absolute atomic E-state index is 0.0399. The van der Waals surface area contributed by atoms with Gasteiger partial charge in [0, 0.05) is 12.0 Å². The number of hydrogen-bond acceptors (Lipinski definition) is 2. The molecule has 1 fully saturated rings. The highest BCUT2D eigenvalue weighted by molar-refractivity contribution is 5.77. The summed E-state index contributed by atoms with van der Waals surface area (Å²) in [5, 5.41) is 3.05. The van der Waals surface area contributed by atoms with Gasteiger partial charge in [-0.15, -0.1) is 0 Å². The Bertz CT molecular complexity index is 433. The lowest BCUT2D eigenvalue weighted by molar-refractivity contribution is -0.122. The summed E-state index contributed by atoms with van der Waals surface area (Å²) in [7, 11) is 0. The molecule has 1 atom stereocenters. The van der Waals surface area contributed by atoms with E-state index in [1.54, 1.807) is 0 Å². The van der Waals surface area contributed by atoms with Gasteiger partial charge in [-0.25, -0.2) is 0 Å². The second kappa shape index (κ2) is 5.74. The molecule has 0 aliphatic heterocycles. The standard InChI is InChI=1S/C16H24N2O/c1-12-5-7-14(8-6-12)13(2)18-15(19)11-16(17)9-3-4-10-16/h5-8,13H,3-4,9-11,17H2,1-2H3,(H,18,19)/t13-/m1/s1. The summed E-state index contributed by atoms with van der Waals surface area (Å²) in [6, 6.07) is 8.30. The average molecular weight is 260 g/mol. The van der Waals surface area contributed by atoms with E-state index in [1.807, 2.05) is 6.92 Å². The predicted molar refractivity (Wildman–Crippen MR) is 77.7 cm³/mol. The molecule has 3 heteroatoms. The summed E-state index contributed by atoms with van der Waals surface area (Å²) in [6.07, 6.45) is 4.69. The van der Waals surface area contributed by atoms with Crippen molar-refractivity contribution in [3.8, 4) is 0 Å². The minimum Gasteiger partial charge on any atom is -0.350 e. The van der Waals surface area contributed by atoms with Crippen LogP contribution in [0.3, 0.4) is 0 Å². The molecule has 1 aromatic carbocycles. The number of benzene rings is 1. The van der Waals surface area contributed by atoms with Crippen molar-refractivity contribution in [2.45, 2.75) is 57.5 Å². The van der Waals surface area contributed by atoms with Crippen LogP contribution in [0.4, 0.5) is 0 Å². The molecule has 104 valence electrons. The molecule has 1 saturated carbocycles. The summed E-state index contributed by atoms with van der Waals surface area (Å²) in [6.45, 7) is 4.08. The molecule has 0 heterocycles. The van der Waals surface area contributed by atoms with Gasteiger partial charge in [0.1, 0.15) is 0 Å². The zero-order valence-electron chi connectivity index (χ0n) is 11.9. The van der Waals surface area contributed by atoms with Crippen LogP contribution in [0.15, 0.2) is 24.3 Å². The minimum atomic E-state index is -0.267. The first kappa shape index (κ1) is 14.1. The molecule has 0 aromatic heterocycles. The SMILES string of the molecule is Cc1ccc([C@@H](C)NC(=O)CC2(N)CCCC2)cc1. The smallest absolute Gasteiger partial charge is 0.222 e. The zero-order valence-corrected chi connectivity index (χ0v) is 11.9. The highest BCUT2D eigenvalue weighted by Gasteiger charge is 2.31. The molecule has 1 aliphatic rings. The Balaban J connectivity index is 1.89. The summed E-state index contributed by atoms with van der Waals surface area (Å²) in [5.41, 5.74) is 8.33. The molecule has 0 unspecified atom stereocenters. The lowest BCUT2D eigenvalue weighted by Gasteiger charge is -2.24. The monoisotopic (exact) mass is 260 g/mol. The van der Waals surface area contributed by atoms with Crippen molar-refractivity contribution >= 4 is 5.91 Å². The fourth-order valence-electron chi connectivity index (χ4n) is 2.81. The van der Waals surface area contributed by atoms with Crippen molar-refractivity contribution in [2.75, 3.05) is 0 Å². The molecule has 1 aliphatic carbocycles. The van der Waals surface area contributed by atoms with Gasteiger partial charge in [-0.05, 0) is 32.3 Å². The van der Waals surface area contributed by atoms with Gasteiger partial charge in [0.2, 0.25) is 5.91 Å². The first-order valence-corrected chi connectivity index (χ1v) is 7.13. The molecule has 1 amide bonds. The third kappa shape index (κ3) is 3.80. The van der Waals surface area contributed by atoms with E-state index in [2.05, 4.69) is 36.5 Å². The average Bonchev–Trinajstić information content (AvgIpc) is 2.76. The summed E-state index contributed by atoms with van der Waals surface area (Å²) >= 11 is 0. The first-order chi connectivity index (χ1) is 8.98. The maximum absolute atomic E-state index is 12.1. The number of carbonyl (C=O) groups excluding carboxylic acids is 1. The Morgan fingerprint density at radius 3 is 2.47 bits per heavy atom. The molecular weight excluding hydrogens is 236 g/mol. The van der Waals surface area contributed by atoms with Gasteiger partial charge >= 0.3 is 0 Å². The van der Waals surface area contributed by atoms with E-state index in [4.69, 9.17) is 5.73 Å². The van der Waals surface area contributed by atoms with Gasteiger partial charge in [0.25, 0.3) is 0 Å². The first-order valence-electron chi connectivity index (χ1n) is 7.13. The fourth-order valence-corrected chi connectivity index (χ4v) is 2.81. The van der Waals surface area contributed by atoms with Crippen LogP contribution in [0.5, 0.6) is 0 Å². The third-order valence-corrected chi connectivity index (χ3v) is 4.07. The molecule has 19 heavy (non-hydrogen) atoms. The zero-order chi connectivity index (χ0) is 13.9. The van der Waals surface area contributed by atoms with Crippen LogP contribution >= 0.6 is 0 Å². The van der Waals surface area contributed by atoms with Crippen molar-refractivity contribution in [1.82, 2.24) is 5.32 Å². The highest BCUT2D eigenvalue weighted by Crippen LogP contribution is 2.30. The second-order valence-corrected chi connectivity index (χ2v) is 5.95. The van der Waals surface area contributed by atoms with Crippen LogP contribution in [0, 0.1) is 6.92 Å². The Labute approximate surface area is 115 Å². The lowest BCUT2D eigenvalue weighted by atomic mass is 9.94. The topological polar surface area (TPSA) is 55.1 Å². The van der Waals surface area contributed by atoms with Crippen LogP contribution in [0.1, 0.15) is 56.2 Å². The number of rotatable bonds is 4. The van der Waals surface area contributed by atoms with Crippen LogP contribution < -0.4 is 11.1 Å². The van der Waals surface area contributed by atoms with Crippen molar-refractivity contribution in [1.29, 1.82) is 0 Å². The molecule has 0 bridgehead atoms. The van der Waals surface area contributed by atoms with Gasteiger partial charge in [-0.1, -0.05) is 42.7 Å². The van der Waals surface area contributed by atoms with Crippen LogP contribution in [0.2, 0.25) is 0 Å². The van der Waals surface area contributed by atoms with E-state index < -0.39 is 0 Å². The number of carbonyl (C=O) groups is 1. The van der Waals surface area contributed by atoms with E-state index in [-0.39, 0.29) is 17.5 Å². The van der Waals surface area contributed by atoms with Crippen molar-refractivity contribution in [2.24, 2.45) is 5.73 Å². The Morgan fingerprint density at radius 2 is 1.89 bits per heavy atom. The maximum Gasteiger partial charge on any atom is 0.222 e. The Hall–Kier alpha value is -1.35. The second-order valence-electron chi connectivity index (χ2n) is 5.95. The van der Waals surface area contributed by atoms with Gasteiger partial charge in [0.15, 0.2) is 0 Å². The molecule has 3 N–H and O–H groups in total. The summed E-state index contributed by atoms with van der Waals surface area (Å²) in [4.78, 5) is 12.1. The van der Waals surface area contributed by atoms with Gasteiger partial charge in [-0.2, -0.15) is 0 Å². The van der Waals surface area contributed by atoms with Gasteiger partial charge in [-0.3, -0.25) is 4.79 Å². The highest BCUT2D eigenvalue weighted by atomic mass is 16.1. The third-order valence-electron chi connectivity index (χ3n) is 4.07. The van der Waals surface area contributed by atoms with E-state index in [0.29, 0.717) is 6.42 Å². The van der Waals surface area contributed by atoms with Gasteiger partial charge < -0.3 is 11.1 Å². The van der Waals surface area contributed by atoms with Crippen molar-refractivity contribution in [3.05, 3.63) is 35.4 Å². The van der Waals surface area contributed by atoms with E-state index in [1.165, 1.54) is 5.56 Å². The molecule has 0 radical (unpaired) electrons. The van der Waals surface area contributed by atoms with E-state index >= 15 is 0 Å². The van der Waals surface area contributed by atoms with Crippen molar-refractivity contribution < 1.29 is 4.79 Å². The van der Waals surface area contributed by atoms with Crippen molar-refractivity contribution in [3.63, 3.8) is 0 Å². The molecule has 0 saturated heterocycles. The largest absolute Gasteiger partial charge is 0.350 e. The van der Waals surface area contributed by atoms with E-state index in [9.17, 15) is 4.79 Å². The number of amides is 1. The number of nitrogens with two attached hydrogens (primary N) is 1. The van der Waals surface area contributed by atoms with E-state index in [0.717, 1.165) is 31.2 Å². The maximum atomic E-state index is 12.1. The Kier molecular flexibility index (Phi) is 4.25. The molecule has 3 nitrogen and oxygen atoms in total. The van der Waals surface area contributed by atoms with Crippen LogP contribution in [0.25, 0.3) is 0 Å². The molecular formula is C16H24N2O. The van der Waals surface area contributed by atoms with Crippen LogP contribution in [-0.4, -0.2) is 11.4 Å². The quantitative estimate of drug-likeness (QED) is 0.874. The lowest BCUT2D eigenvalue weighted by Crippen LogP contribution is -2.42. The summed E-state index contributed by atoms with van der Waals surface area (Å²) < 4.78 is 0. The molecule has 0 spiro atoms. The summed E-state index contributed by atoms with van der Waals surface area (Å²) in [5.74, 6) is 0.0671. The fraction of sp³-hybridized carbons (Fsp3) is 0.562. The number of aryl methyl sites for hydroxylation is 1. The number of nitrogens with one attached hydrogen (secondary N) is 1. The Morgan fingerprint density at radius 1 is 1.32 bits per heavy atom. The van der Waals surface area contributed by atoms with Gasteiger partial charge in [0.05, 0.1) is 6.04 Å². The normalized spacial score (nSPS) is 19.1.